The minimum atomic E-state index is -2.26. The van der Waals surface area contributed by atoms with Gasteiger partial charge in [-0.25, -0.2) is 8.78 Å². The van der Waals surface area contributed by atoms with E-state index >= 15 is 0 Å². The van der Waals surface area contributed by atoms with Crippen LogP contribution in [0.3, 0.4) is 0 Å². The summed E-state index contributed by atoms with van der Waals surface area (Å²) in [5.74, 6) is 0.828. The topological polar surface area (TPSA) is 15.3 Å². The van der Waals surface area contributed by atoms with E-state index < -0.39 is 12.5 Å². The highest BCUT2D eigenvalue weighted by molar-refractivity contribution is 4.71. The maximum atomic E-state index is 12.2. The highest BCUT2D eigenvalue weighted by Crippen LogP contribution is 2.15. The molecule has 1 unspecified atom stereocenters. The number of piperidine rings is 1. The molecule has 0 amide bonds. The van der Waals surface area contributed by atoms with E-state index in [9.17, 15) is 8.78 Å². The van der Waals surface area contributed by atoms with Crippen LogP contribution in [-0.2, 0) is 0 Å². The molecule has 1 saturated heterocycles. The Hall–Kier alpha value is -0.220. The van der Waals surface area contributed by atoms with Crippen molar-refractivity contribution in [3.05, 3.63) is 0 Å². The van der Waals surface area contributed by atoms with Crippen molar-refractivity contribution in [3.63, 3.8) is 0 Å². The van der Waals surface area contributed by atoms with E-state index in [4.69, 9.17) is 0 Å². The molecule has 1 aliphatic rings. The van der Waals surface area contributed by atoms with Gasteiger partial charge in [0.1, 0.15) is 0 Å². The van der Waals surface area contributed by atoms with Crippen LogP contribution < -0.4 is 5.32 Å². The summed E-state index contributed by atoms with van der Waals surface area (Å²) in [5.41, 5.74) is 0. The number of halogens is 2. The largest absolute Gasteiger partial charge is 0.308 e. The Morgan fingerprint density at radius 1 is 1.33 bits per heavy atom. The molecule has 0 radical (unpaired) electrons. The van der Waals surface area contributed by atoms with Crippen molar-refractivity contribution in [3.8, 4) is 0 Å². The van der Waals surface area contributed by atoms with E-state index in [1.54, 1.807) is 0 Å². The van der Waals surface area contributed by atoms with Crippen molar-refractivity contribution in [1.82, 2.24) is 10.2 Å². The number of nitrogens with one attached hydrogen (secondary N) is 1. The molecule has 0 aliphatic carbocycles. The number of hydrogen-bond acceptors (Lipinski definition) is 2. The first-order valence-electron chi connectivity index (χ1n) is 5.83. The van der Waals surface area contributed by atoms with Gasteiger partial charge in [-0.2, -0.15) is 0 Å². The monoisotopic (exact) mass is 220 g/mol. The fraction of sp³-hybridized carbons (Fsp3) is 1.00. The van der Waals surface area contributed by atoms with Gasteiger partial charge < -0.3 is 10.2 Å². The molecule has 1 fully saturated rings. The van der Waals surface area contributed by atoms with Gasteiger partial charge in [0.15, 0.2) is 0 Å². The van der Waals surface area contributed by atoms with Crippen LogP contribution in [0, 0.1) is 5.92 Å². The van der Waals surface area contributed by atoms with Crippen molar-refractivity contribution >= 4 is 0 Å². The Morgan fingerprint density at radius 3 is 2.47 bits per heavy atom. The second-order valence-electron chi connectivity index (χ2n) is 4.60. The molecule has 4 heteroatoms. The van der Waals surface area contributed by atoms with Crippen LogP contribution in [0.4, 0.5) is 8.78 Å². The predicted octanol–water partition coefficient (Wildman–Crippen LogP) is 1.96. The highest BCUT2D eigenvalue weighted by Gasteiger charge is 2.16. The van der Waals surface area contributed by atoms with Gasteiger partial charge in [0.05, 0.1) is 6.04 Å². The molecule has 0 saturated carbocycles. The molecule has 1 N–H and O–H groups in total. The van der Waals surface area contributed by atoms with Gasteiger partial charge in [-0.05, 0) is 38.8 Å². The quantitative estimate of drug-likeness (QED) is 0.762. The van der Waals surface area contributed by atoms with Crippen LogP contribution >= 0.6 is 0 Å². The normalized spacial score (nSPS) is 22.2. The number of nitrogens with zero attached hydrogens (tertiary/aromatic N) is 1. The Morgan fingerprint density at radius 2 is 1.93 bits per heavy atom. The third-order valence-electron chi connectivity index (χ3n) is 3.15. The number of rotatable bonds is 5. The number of alkyl halides is 2. The fourth-order valence-electron chi connectivity index (χ4n) is 1.83. The molecule has 0 aromatic carbocycles. The molecular weight excluding hydrogens is 198 g/mol. The van der Waals surface area contributed by atoms with Crippen LogP contribution in [-0.4, -0.2) is 43.5 Å². The minimum Gasteiger partial charge on any atom is -0.308 e. The van der Waals surface area contributed by atoms with E-state index in [1.807, 2.05) is 0 Å². The summed E-state index contributed by atoms with van der Waals surface area (Å²) < 4.78 is 24.3. The first-order chi connectivity index (χ1) is 7.09. The minimum absolute atomic E-state index is 0.667. The lowest BCUT2D eigenvalue weighted by Crippen LogP contribution is -2.41. The average molecular weight is 220 g/mol. The lowest BCUT2D eigenvalue weighted by atomic mass is 9.99. The predicted molar refractivity (Wildman–Crippen MR) is 58.3 cm³/mol. The first kappa shape index (κ1) is 12.8. The Balaban J connectivity index is 2.05. The summed E-state index contributed by atoms with van der Waals surface area (Å²) in [6.07, 6.45) is 0.223. The van der Waals surface area contributed by atoms with Crippen molar-refractivity contribution < 1.29 is 8.78 Å². The molecule has 1 aliphatic heterocycles. The van der Waals surface area contributed by atoms with E-state index in [0.717, 1.165) is 25.6 Å². The molecule has 1 heterocycles. The van der Waals surface area contributed by atoms with Crippen molar-refractivity contribution in [2.45, 2.75) is 39.2 Å². The van der Waals surface area contributed by atoms with Gasteiger partial charge >= 0.3 is 0 Å². The summed E-state index contributed by atoms with van der Waals surface area (Å²) >= 11 is 0. The first-order valence-corrected chi connectivity index (χ1v) is 5.83. The zero-order chi connectivity index (χ0) is 11.3. The maximum Gasteiger partial charge on any atom is 0.253 e. The smallest absolute Gasteiger partial charge is 0.253 e. The Kier molecular flexibility index (Phi) is 5.47. The summed E-state index contributed by atoms with van der Waals surface area (Å²) in [6, 6.07) is -0.686. The van der Waals surface area contributed by atoms with Crippen LogP contribution in [0.2, 0.25) is 0 Å². The lowest BCUT2D eigenvalue weighted by Gasteiger charge is -2.30. The van der Waals surface area contributed by atoms with Gasteiger partial charge in [-0.1, -0.05) is 6.92 Å². The van der Waals surface area contributed by atoms with E-state index in [0.29, 0.717) is 6.54 Å². The van der Waals surface area contributed by atoms with Crippen LogP contribution in [0.1, 0.15) is 26.7 Å². The van der Waals surface area contributed by atoms with Gasteiger partial charge in [0.25, 0.3) is 6.43 Å². The molecule has 2 nitrogen and oxygen atoms in total. The summed E-state index contributed by atoms with van der Waals surface area (Å²) in [7, 11) is 0. The summed E-state index contributed by atoms with van der Waals surface area (Å²) in [4.78, 5) is 2.35. The van der Waals surface area contributed by atoms with Crippen LogP contribution in [0.15, 0.2) is 0 Å². The number of likely N-dealkylation sites (tertiary alicyclic amines) is 1. The summed E-state index contributed by atoms with van der Waals surface area (Å²) in [6.45, 7) is 7.60. The molecule has 0 bridgehead atoms. The maximum absolute atomic E-state index is 12.2. The average Bonchev–Trinajstić information content (AvgIpc) is 2.20. The second kappa shape index (κ2) is 6.38. The van der Waals surface area contributed by atoms with Gasteiger partial charge in [-0.15, -0.1) is 0 Å². The third kappa shape index (κ3) is 4.89. The van der Waals surface area contributed by atoms with Crippen molar-refractivity contribution in [2.75, 3.05) is 26.2 Å². The third-order valence-corrected chi connectivity index (χ3v) is 3.15. The second-order valence-corrected chi connectivity index (χ2v) is 4.60. The van der Waals surface area contributed by atoms with Gasteiger partial charge in [0.2, 0.25) is 0 Å². The van der Waals surface area contributed by atoms with Crippen LogP contribution in [0.5, 0.6) is 0 Å². The SMILES string of the molecule is CC1CCN(CCNC(C)C(F)F)CC1. The zero-order valence-corrected chi connectivity index (χ0v) is 9.68. The molecule has 1 rings (SSSR count). The highest BCUT2D eigenvalue weighted by atomic mass is 19.3. The molecule has 90 valence electrons. The fourth-order valence-corrected chi connectivity index (χ4v) is 1.83. The van der Waals surface area contributed by atoms with Crippen LogP contribution in [0.25, 0.3) is 0 Å². The Labute approximate surface area is 91.0 Å². The number of hydrogen-bond donors (Lipinski definition) is 1. The zero-order valence-electron chi connectivity index (χ0n) is 9.68. The molecule has 15 heavy (non-hydrogen) atoms. The Bertz CT molecular complexity index is 168. The molecule has 0 spiro atoms. The molecular formula is C11H22F2N2. The van der Waals surface area contributed by atoms with Crippen molar-refractivity contribution in [2.24, 2.45) is 5.92 Å². The van der Waals surface area contributed by atoms with Crippen molar-refractivity contribution in [1.29, 1.82) is 0 Å². The molecule has 0 aromatic rings. The summed E-state index contributed by atoms with van der Waals surface area (Å²) in [5, 5.41) is 2.85. The van der Waals surface area contributed by atoms with E-state index in [-0.39, 0.29) is 0 Å². The molecule has 1 atom stereocenters. The van der Waals surface area contributed by atoms with Gasteiger partial charge in [-0.3, -0.25) is 0 Å². The van der Waals surface area contributed by atoms with E-state index in [1.165, 1.54) is 19.8 Å². The van der Waals surface area contributed by atoms with E-state index in [2.05, 4.69) is 17.1 Å². The standard InChI is InChI=1S/C11H22F2N2/c1-9-3-6-15(7-4-9)8-5-14-10(2)11(12)13/h9-11,14H,3-8H2,1-2H3. The van der Waals surface area contributed by atoms with Gasteiger partial charge in [0, 0.05) is 13.1 Å². The lowest BCUT2D eigenvalue weighted by molar-refractivity contribution is 0.103. The molecule has 0 aromatic heterocycles.